The highest BCUT2D eigenvalue weighted by Gasteiger charge is 2.42. The van der Waals surface area contributed by atoms with E-state index in [0.717, 1.165) is 0 Å². The van der Waals surface area contributed by atoms with Gasteiger partial charge in [-0.15, -0.1) is 0 Å². The lowest BCUT2D eigenvalue weighted by molar-refractivity contribution is 0.483. The monoisotopic (exact) mass is 204 g/mol. The molecule has 0 radical (unpaired) electrons. The van der Waals surface area contributed by atoms with Gasteiger partial charge >= 0.3 is 0 Å². The van der Waals surface area contributed by atoms with Crippen molar-refractivity contribution >= 4 is 0 Å². The van der Waals surface area contributed by atoms with Gasteiger partial charge in [0.1, 0.15) is 0 Å². The third kappa shape index (κ3) is 0.856. The van der Waals surface area contributed by atoms with E-state index in [1.165, 1.54) is 16.7 Å². The van der Waals surface area contributed by atoms with Gasteiger partial charge in [0.2, 0.25) is 0 Å². The van der Waals surface area contributed by atoms with Gasteiger partial charge in [0.25, 0.3) is 0 Å². The average Bonchev–Trinajstić information content (AvgIpc) is 2.67. The van der Waals surface area contributed by atoms with Crippen LogP contribution in [0.2, 0.25) is 0 Å². The minimum absolute atomic E-state index is 0.107. The van der Waals surface area contributed by atoms with Crippen LogP contribution in [0.1, 0.15) is 0 Å². The van der Waals surface area contributed by atoms with Crippen molar-refractivity contribution in [3.8, 4) is 0 Å². The molecule has 16 heavy (non-hydrogen) atoms. The third-order valence-electron chi connectivity index (χ3n) is 3.94. The SMILES string of the molecule is C1=CC2=CC=C3C=CC4=CC3(C=C4)C2C=C1. The summed E-state index contributed by atoms with van der Waals surface area (Å²) < 4.78 is 0. The summed E-state index contributed by atoms with van der Waals surface area (Å²) in [7, 11) is 0. The van der Waals surface area contributed by atoms with E-state index in [-0.39, 0.29) is 5.41 Å². The molecule has 76 valence electrons. The predicted molar refractivity (Wildman–Crippen MR) is 66.7 cm³/mol. The third-order valence-corrected chi connectivity index (χ3v) is 3.94. The van der Waals surface area contributed by atoms with E-state index in [9.17, 15) is 0 Å². The van der Waals surface area contributed by atoms with Gasteiger partial charge in [-0.2, -0.15) is 0 Å². The lowest BCUT2D eigenvalue weighted by Gasteiger charge is -2.39. The van der Waals surface area contributed by atoms with E-state index >= 15 is 0 Å². The molecule has 0 amide bonds. The van der Waals surface area contributed by atoms with Gasteiger partial charge in [-0.3, -0.25) is 0 Å². The Labute approximate surface area is 95.4 Å². The van der Waals surface area contributed by atoms with E-state index in [0.29, 0.717) is 5.92 Å². The summed E-state index contributed by atoms with van der Waals surface area (Å²) in [6.45, 7) is 0. The minimum Gasteiger partial charge on any atom is -0.0755 e. The van der Waals surface area contributed by atoms with Crippen molar-refractivity contribution in [3.63, 3.8) is 0 Å². The molecule has 0 aromatic heterocycles. The van der Waals surface area contributed by atoms with Crippen molar-refractivity contribution in [1.29, 1.82) is 0 Å². The van der Waals surface area contributed by atoms with Crippen LogP contribution in [0.15, 0.2) is 83.6 Å². The molecule has 0 nitrogen and oxygen atoms in total. The molecule has 0 heteroatoms. The molecule has 2 bridgehead atoms. The Morgan fingerprint density at radius 2 is 1.94 bits per heavy atom. The summed E-state index contributed by atoms with van der Waals surface area (Å²) in [6, 6.07) is 0. The van der Waals surface area contributed by atoms with Crippen LogP contribution in [0, 0.1) is 11.3 Å². The number of hydrogen-bond acceptors (Lipinski definition) is 0. The van der Waals surface area contributed by atoms with Crippen LogP contribution in [0.5, 0.6) is 0 Å². The summed E-state index contributed by atoms with van der Waals surface area (Å²) in [5, 5.41) is 0. The first-order chi connectivity index (χ1) is 7.88. The fourth-order valence-corrected chi connectivity index (χ4v) is 3.13. The Hall–Kier alpha value is -1.82. The van der Waals surface area contributed by atoms with Gasteiger partial charge in [0.15, 0.2) is 0 Å². The Morgan fingerprint density at radius 3 is 2.94 bits per heavy atom. The molecule has 4 rings (SSSR count). The number of fused-ring (bicyclic) bond motifs is 1. The van der Waals surface area contributed by atoms with Crippen molar-refractivity contribution in [2.75, 3.05) is 0 Å². The highest BCUT2D eigenvalue weighted by Crippen LogP contribution is 2.53. The predicted octanol–water partition coefficient (Wildman–Crippen LogP) is 3.65. The van der Waals surface area contributed by atoms with Crippen LogP contribution in [0.25, 0.3) is 0 Å². The van der Waals surface area contributed by atoms with Crippen LogP contribution >= 0.6 is 0 Å². The fraction of sp³-hybridized carbons (Fsp3) is 0.125. The maximum Gasteiger partial charge on any atom is 0.0427 e. The van der Waals surface area contributed by atoms with Crippen LogP contribution in [0.3, 0.4) is 0 Å². The van der Waals surface area contributed by atoms with Crippen LogP contribution in [0.4, 0.5) is 0 Å². The zero-order chi connectivity index (χ0) is 10.6. The van der Waals surface area contributed by atoms with Gasteiger partial charge in [0, 0.05) is 11.3 Å². The number of rotatable bonds is 0. The molecule has 0 fully saturated rings. The van der Waals surface area contributed by atoms with Crippen molar-refractivity contribution in [3.05, 3.63) is 83.6 Å². The molecule has 4 aliphatic rings. The van der Waals surface area contributed by atoms with E-state index in [1.54, 1.807) is 0 Å². The first kappa shape index (κ1) is 8.35. The molecule has 0 saturated heterocycles. The first-order valence-electron chi connectivity index (χ1n) is 5.76. The molecule has 2 atom stereocenters. The quantitative estimate of drug-likeness (QED) is 0.565. The van der Waals surface area contributed by atoms with Gasteiger partial charge in [-0.1, -0.05) is 66.8 Å². The van der Waals surface area contributed by atoms with E-state index < -0.39 is 0 Å². The van der Waals surface area contributed by atoms with Gasteiger partial charge in [-0.25, -0.2) is 0 Å². The second-order valence-electron chi connectivity index (χ2n) is 4.75. The van der Waals surface area contributed by atoms with Gasteiger partial charge in [-0.05, 0) is 16.7 Å². The average molecular weight is 204 g/mol. The molecule has 0 heterocycles. The zero-order valence-electron chi connectivity index (χ0n) is 8.93. The Morgan fingerprint density at radius 1 is 0.938 bits per heavy atom. The van der Waals surface area contributed by atoms with Crippen LogP contribution in [-0.4, -0.2) is 0 Å². The molecule has 0 aromatic rings. The summed E-state index contributed by atoms with van der Waals surface area (Å²) in [4.78, 5) is 0. The lowest BCUT2D eigenvalue weighted by atomic mass is 9.63. The normalized spacial score (nSPS) is 36.5. The Bertz CT molecular complexity index is 573. The van der Waals surface area contributed by atoms with Gasteiger partial charge in [0.05, 0.1) is 0 Å². The summed E-state index contributed by atoms with van der Waals surface area (Å²) in [6.07, 6.45) is 24.8. The Balaban J connectivity index is 1.99. The molecule has 2 unspecified atom stereocenters. The highest BCUT2D eigenvalue weighted by atomic mass is 14.4. The van der Waals surface area contributed by atoms with Crippen molar-refractivity contribution in [2.24, 2.45) is 11.3 Å². The fourth-order valence-electron chi connectivity index (χ4n) is 3.13. The molecule has 0 aromatic carbocycles. The second-order valence-corrected chi connectivity index (χ2v) is 4.75. The molecular formula is C16H12. The lowest BCUT2D eigenvalue weighted by Crippen LogP contribution is -2.30. The number of allylic oxidation sites excluding steroid dienone is 14. The standard InChI is InChI=1S/C16H12/c1-2-4-15-13(3-1)6-8-14-7-5-12-9-10-16(14,15)11-12/h1-11,15H. The molecular weight excluding hydrogens is 192 g/mol. The minimum atomic E-state index is 0.107. The van der Waals surface area contributed by atoms with Crippen molar-refractivity contribution < 1.29 is 0 Å². The first-order valence-corrected chi connectivity index (χ1v) is 5.76. The zero-order valence-corrected chi connectivity index (χ0v) is 8.93. The molecule has 4 aliphatic carbocycles. The van der Waals surface area contributed by atoms with E-state index in [1.807, 2.05) is 0 Å². The number of hydrogen-bond donors (Lipinski definition) is 0. The summed E-state index contributed by atoms with van der Waals surface area (Å²) in [5.41, 5.74) is 4.29. The smallest absolute Gasteiger partial charge is 0.0427 e. The topological polar surface area (TPSA) is 0 Å². The maximum absolute atomic E-state index is 2.40. The molecule has 0 saturated carbocycles. The molecule has 0 aliphatic heterocycles. The van der Waals surface area contributed by atoms with Crippen LogP contribution in [-0.2, 0) is 0 Å². The van der Waals surface area contributed by atoms with Crippen LogP contribution < -0.4 is 0 Å². The molecule has 0 N–H and O–H groups in total. The van der Waals surface area contributed by atoms with E-state index in [4.69, 9.17) is 0 Å². The Kier molecular flexibility index (Phi) is 1.38. The summed E-state index contributed by atoms with van der Waals surface area (Å²) in [5.74, 6) is 0.483. The van der Waals surface area contributed by atoms with Crippen molar-refractivity contribution in [1.82, 2.24) is 0 Å². The van der Waals surface area contributed by atoms with Gasteiger partial charge < -0.3 is 0 Å². The largest absolute Gasteiger partial charge is 0.0755 e. The molecule has 1 spiro atoms. The second kappa shape index (κ2) is 2.65. The van der Waals surface area contributed by atoms with Crippen molar-refractivity contribution in [2.45, 2.75) is 0 Å². The summed E-state index contributed by atoms with van der Waals surface area (Å²) >= 11 is 0. The van der Waals surface area contributed by atoms with E-state index in [2.05, 4.69) is 66.8 Å². The maximum atomic E-state index is 2.40. The highest BCUT2D eigenvalue weighted by molar-refractivity contribution is 5.62.